The number of thioether (sulfide) groups is 1. The number of aromatic nitrogens is 2. The number of halogens is 4. The van der Waals surface area contributed by atoms with Crippen molar-refractivity contribution in [2.24, 2.45) is 5.16 Å². The summed E-state index contributed by atoms with van der Waals surface area (Å²) in [4.78, 5) is 45.8. The summed E-state index contributed by atoms with van der Waals surface area (Å²) in [5.41, 5.74) is 3.24. The molecule has 190 valence electrons. The van der Waals surface area contributed by atoms with E-state index in [1.54, 1.807) is 0 Å². The average molecular weight is 563 g/mol. The van der Waals surface area contributed by atoms with Crippen molar-refractivity contribution in [2.45, 2.75) is 36.0 Å². The van der Waals surface area contributed by atoms with Gasteiger partial charge in [0.2, 0.25) is 0 Å². The van der Waals surface area contributed by atoms with Crippen LogP contribution in [0.15, 0.2) is 39.0 Å². The highest BCUT2D eigenvalue weighted by molar-refractivity contribution is 8.03. The molecule has 0 bridgehead atoms. The Hall–Kier alpha value is -3.37. The fraction of sp³-hybridized carbons (Fsp3) is 0.263. The molecule has 2 unspecified atom stereocenters. The minimum Gasteiger partial charge on any atom is -0.477 e. The van der Waals surface area contributed by atoms with Crippen LogP contribution >= 0.6 is 34.7 Å². The molecule has 0 aliphatic carbocycles. The number of nitrogens with one attached hydrogen (secondary N) is 1. The molecule has 2 aromatic heterocycles. The molecule has 4 rings (SSSR count). The van der Waals surface area contributed by atoms with Gasteiger partial charge in [-0.2, -0.15) is 13.2 Å². The van der Waals surface area contributed by atoms with E-state index in [1.807, 2.05) is 0 Å². The van der Waals surface area contributed by atoms with Crippen LogP contribution in [-0.4, -0.2) is 60.8 Å². The average Bonchev–Trinajstić information content (AvgIpc) is 3.14. The molecule has 2 atom stereocenters. The number of carbonyl (C=O) groups is 3. The number of nitrogen functional groups attached to an aromatic ring is 1. The van der Waals surface area contributed by atoms with Crippen molar-refractivity contribution in [2.75, 3.05) is 5.73 Å². The molecule has 2 aromatic rings. The number of aliphatic carboxylic acids is 1. The van der Waals surface area contributed by atoms with Gasteiger partial charge in [-0.1, -0.05) is 39.9 Å². The zero-order valence-electron chi connectivity index (χ0n) is 17.6. The molecule has 0 aromatic carbocycles. The Balaban J connectivity index is 1.54. The maximum absolute atomic E-state index is 13.0. The van der Waals surface area contributed by atoms with E-state index in [1.165, 1.54) is 6.07 Å². The second-order valence-corrected chi connectivity index (χ2v) is 10.2. The highest BCUT2D eigenvalue weighted by Gasteiger charge is 2.54. The molecular weight excluding hydrogens is 549 g/mol. The van der Waals surface area contributed by atoms with E-state index in [-0.39, 0.29) is 43.5 Å². The molecular formula is C19H14ClF3N6O5S2. The second kappa shape index (κ2) is 9.59. The van der Waals surface area contributed by atoms with Crippen molar-refractivity contribution >= 4 is 63.3 Å². The van der Waals surface area contributed by atoms with E-state index in [9.17, 15) is 37.9 Å². The standard InChI is InChI=1S/C19H14ClF3N6O5S2/c20-14-11(27-18(24)36-14)12(28-34)15(30)26-10-7-1-2-8(13(17(32)33)29(7)16(10)31)35-6-3-4-25-9(5-6)19(21,22)23/h3-5,7,10,34H,1-2H2,(H2,24,27)(H,26,30)(H,32,33)/b28-12-. The molecule has 36 heavy (non-hydrogen) atoms. The van der Waals surface area contributed by atoms with Gasteiger partial charge in [-0.3, -0.25) is 19.5 Å². The van der Waals surface area contributed by atoms with Crippen molar-refractivity contribution < 1.29 is 37.9 Å². The Kier molecular flexibility index (Phi) is 6.85. The first-order valence-corrected chi connectivity index (χ1v) is 11.9. The molecule has 11 nitrogen and oxygen atoms in total. The number of carboxylic acid groups (broad SMARTS) is 1. The monoisotopic (exact) mass is 562 g/mol. The number of rotatable bonds is 6. The largest absolute Gasteiger partial charge is 0.477 e. The van der Waals surface area contributed by atoms with Gasteiger partial charge in [-0.05, 0) is 25.0 Å². The Morgan fingerprint density at radius 1 is 1.39 bits per heavy atom. The molecule has 0 radical (unpaired) electrons. The molecule has 2 amide bonds. The van der Waals surface area contributed by atoms with Gasteiger partial charge in [-0.25, -0.2) is 9.78 Å². The van der Waals surface area contributed by atoms with E-state index < -0.39 is 47.4 Å². The molecule has 0 spiro atoms. The number of hydrogen-bond acceptors (Lipinski definition) is 10. The topological polar surface area (TPSA) is 171 Å². The van der Waals surface area contributed by atoms with Gasteiger partial charge < -0.3 is 21.4 Å². The highest BCUT2D eigenvalue weighted by Crippen LogP contribution is 2.43. The number of carbonyl (C=O) groups excluding carboxylic acids is 2. The van der Waals surface area contributed by atoms with Crippen molar-refractivity contribution in [3.8, 4) is 0 Å². The second-order valence-electron chi connectivity index (χ2n) is 7.44. The van der Waals surface area contributed by atoms with Gasteiger partial charge in [-0.15, -0.1) is 0 Å². The third kappa shape index (κ3) is 4.70. The number of nitrogens with two attached hydrogens (primary N) is 1. The van der Waals surface area contributed by atoms with Crippen LogP contribution in [0.3, 0.4) is 0 Å². The van der Waals surface area contributed by atoms with Gasteiger partial charge in [0.1, 0.15) is 27.5 Å². The van der Waals surface area contributed by atoms with Gasteiger partial charge in [0, 0.05) is 16.0 Å². The molecule has 1 fully saturated rings. The van der Waals surface area contributed by atoms with Crippen LogP contribution in [0.1, 0.15) is 24.2 Å². The van der Waals surface area contributed by atoms with Crippen LogP contribution in [0, 0.1) is 0 Å². The van der Waals surface area contributed by atoms with Crippen LogP contribution in [0.25, 0.3) is 0 Å². The lowest BCUT2D eigenvalue weighted by atomic mass is 9.86. The molecule has 2 aliphatic rings. The fourth-order valence-corrected chi connectivity index (χ4v) is 5.79. The molecule has 0 saturated carbocycles. The van der Waals surface area contributed by atoms with Gasteiger partial charge in [0.15, 0.2) is 10.8 Å². The maximum Gasteiger partial charge on any atom is 0.433 e. The Morgan fingerprint density at radius 3 is 2.69 bits per heavy atom. The Labute approximate surface area is 212 Å². The first-order chi connectivity index (χ1) is 16.9. The number of thiazole rings is 1. The van der Waals surface area contributed by atoms with Gasteiger partial charge in [0.25, 0.3) is 11.8 Å². The van der Waals surface area contributed by atoms with Crippen molar-refractivity contribution in [1.29, 1.82) is 0 Å². The van der Waals surface area contributed by atoms with E-state index in [0.29, 0.717) is 0 Å². The number of allylic oxidation sites excluding steroid dienone is 1. The van der Waals surface area contributed by atoms with Crippen molar-refractivity contribution in [3.05, 3.63) is 44.7 Å². The van der Waals surface area contributed by atoms with Crippen molar-refractivity contribution in [1.82, 2.24) is 20.2 Å². The zero-order chi connectivity index (χ0) is 26.4. The number of oxime groups is 1. The number of amides is 2. The lowest BCUT2D eigenvalue weighted by Gasteiger charge is -2.50. The summed E-state index contributed by atoms with van der Waals surface area (Å²) in [6.07, 6.45) is -3.39. The van der Waals surface area contributed by atoms with Gasteiger partial charge >= 0.3 is 12.1 Å². The number of pyridine rings is 1. The number of alkyl halides is 3. The summed E-state index contributed by atoms with van der Waals surface area (Å²) in [6, 6.07) is 0.209. The van der Waals surface area contributed by atoms with E-state index in [4.69, 9.17) is 17.3 Å². The first kappa shape index (κ1) is 25.7. The first-order valence-electron chi connectivity index (χ1n) is 9.88. The number of hydrogen-bond donors (Lipinski definition) is 4. The molecule has 4 heterocycles. The normalized spacial score (nSPS) is 20.2. The minimum atomic E-state index is -4.68. The fourth-order valence-electron chi connectivity index (χ4n) is 3.77. The van der Waals surface area contributed by atoms with Crippen LogP contribution in [0.2, 0.25) is 4.34 Å². The summed E-state index contributed by atoms with van der Waals surface area (Å²) < 4.78 is 38.9. The van der Waals surface area contributed by atoms with Crippen LogP contribution in [0.5, 0.6) is 0 Å². The van der Waals surface area contributed by atoms with Crippen molar-refractivity contribution in [3.63, 3.8) is 0 Å². The summed E-state index contributed by atoms with van der Waals surface area (Å²) in [5.74, 6) is -3.19. The van der Waals surface area contributed by atoms with E-state index in [0.717, 1.165) is 40.3 Å². The summed E-state index contributed by atoms with van der Waals surface area (Å²) in [5, 5.41) is 24.3. The minimum absolute atomic E-state index is 0.0138. The molecule has 2 aliphatic heterocycles. The van der Waals surface area contributed by atoms with Crippen LogP contribution in [-0.2, 0) is 20.6 Å². The number of fused-ring (bicyclic) bond motifs is 1. The molecule has 1 saturated heterocycles. The summed E-state index contributed by atoms with van der Waals surface area (Å²) in [7, 11) is 0. The molecule has 5 N–H and O–H groups in total. The number of carboxylic acids is 1. The smallest absolute Gasteiger partial charge is 0.433 e. The SMILES string of the molecule is Nc1nc(/C(=N/O)C(=O)NC2C(=O)N3C(C(=O)O)=C(Sc4ccnc(C(F)(F)F)c4)CCC23)c(Cl)s1. The predicted octanol–water partition coefficient (Wildman–Crippen LogP) is 2.55. The quantitative estimate of drug-likeness (QED) is 0.179. The number of nitrogens with zero attached hydrogens (tertiary/aromatic N) is 4. The third-order valence-corrected chi connectivity index (χ3v) is 7.50. The highest BCUT2D eigenvalue weighted by atomic mass is 35.5. The number of anilines is 1. The summed E-state index contributed by atoms with van der Waals surface area (Å²) in [6.45, 7) is 0. The lowest BCUT2D eigenvalue weighted by Crippen LogP contribution is -2.72. The predicted molar refractivity (Wildman–Crippen MR) is 121 cm³/mol. The summed E-state index contributed by atoms with van der Waals surface area (Å²) >= 11 is 7.58. The van der Waals surface area contributed by atoms with Crippen LogP contribution in [0.4, 0.5) is 18.3 Å². The Bertz CT molecular complexity index is 1330. The zero-order valence-corrected chi connectivity index (χ0v) is 20.0. The van der Waals surface area contributed by atoms with E-state index >= 15 is 0 Å². The van der Waals surface area contributed by atoms with Crippen LogP contribution < -0.4 is 11.1 Å². The number of β-lactam (4-membered cyclic amide) rings is 1. The maximum atomic E-state index is 13.0. The molecule has 17 heteroatoms. The third-order valence-electron chi connectivity index (χ3n) is 5.29. The Morgan fingerprint density at radius 2 is 2.11 bits per heavy atom. The lowest BCUT2D eigenvalue weighted by molar-refractivity contribution is -0.155. The van der Waals surface area contributed by atoms with E-state index in [2.05, 4.69) is 20.4 Å². The van der Waals surface area contributed by atoms with Gasteiger partial charge in [0.05, 0.1) is 6.04 Å².